The third-order valence-corrected chi connectivity index (χ3v) is 1.97. The SMILES string of the molecule is O=C(O)c1cc2cc[nH]c2nc1C(=O)O. The molecule has 76 valence electrons. The number of nitrogens with zero attached hydrogens (tertiary/aromatic N) is 1. The van der Waals surface area contributed by atoms with Gasteiger partial charge in [-0.15, -0.1) is 0 Å². The number of fused-ring (bicyclic) bond motifs is 1. The molecule has 0 spiro atoms. The second kappa shape index (κ2) is 3.09. The van der Waals surface area contributed by atoms with Crippen molar-refractivity contribution in [3.63, 3.8) is 0 Å². The molecule has 0 bridgehead atoms. The summed E-state index contributed by atoms with van der Waals surface area (Å²) in [5.74, 6) is -2.66. The lowest BCUT2D eigenvalue weighted by Gasteiger charge is -2.00. The van der Waals surface area contributed by atoms with Crippen LogP contribution in [0.15, 0.2) is 18.3 Å². The van der Waals surface area contributed by atoms with Gasteiger partial charge in [-0.05, 0) is 12.1 Å². The quantitative estimate of drug-likeness (QED) is 0.678. The number of H-pyrrole nitrogens is 1. The summed E-state index contributed by atoms with van der Waals surface area (Å²) in [7, 11) is 0. The van der Waals surface area contributed by atoms with Crippen LogP contribution in [0.4, 0.5) is 0 Å². The maximum absolute atomic E-state index is 10.8. The van der Waals surface area contributed by atoms with Gasteiger partial charge in [-0.25, -0.2) is 14.6 Å². The third-order valence-electron chi connectivity index (χ3n) is 1.97. The van der Waals surface area contributed by atoms with Crippen molar-refractivity contribution < 1.29 is 19.8 Å². The van der Waals surface area contributed by atoms with E-state index >= 15 is 0 Å². The van der Waals surface area contributed by atoms with Crippen LogP contribution in [0.5, 0.6) is 0 Å². The molecule has 0 fully saturated rings. The summed E-state index contributed by atoms with van der Waals surface area (Å²) in [4.78, 5) is 28.0. The van der Waals surface area contributed by atoms with Crippen molar-refractivity contribution in [2.24, 2.45) is 0 Å². The number of aromatic amines is 1. The second-order valence-electron chi connectivity index (χ2n) is 2.91. The molecule has 0 unspecified atom stereocenters. The van der Waals surface area contributed by atoms with Crippen molar-refractivity contribution in [1.29, 1.82) is 0 Å². The van der Waals surface area contributed by atoms with Crippen LogP contribution in [0.3, 0.4) is 0 Å². The topological polar surface area (TPSA) is 103 Å². The molecule has 15 heavy (non-hydrogen) atoms. The normalized spacial score (nSPS) is 10.4. The summed E-state index contributed by atoms with van der Waals surface area (Å²) < 4.78 is 0. The minimum Gasteiger partial charge on any atom is -0.478 e. The van der Waals surface area contributed by atoms with E-state index in [9.17, 15) is 9.59 Å². The number of aromatic nitrogens is 2. The van der Waals surface area contributed by atoms with Crippen molar-refractivity contribution in [3.05, 3.63) is 29.6 Å². The summed E-state index contributed by atoms with van der Waals surface area (Å²) in [6.45, 7) is 0. The molecule has 0 aliphatic carbocycles. The molecular formula is C9H6N2O4. The summed E-state index contributed by atoms with van der Waals surface area (Å²) in [6.07, 6.45) is 1.56. The summed E-state index contributed by atoms with van der Waals surface area (Å²) in [5, 5.41) is 18.1. The average Bonchev–Trinajstić information content (AvgIpc) is 2.61. The van der Waals surface area contributed by atoms with Crippen molar-refractivity contribution in [2.75, 3.05) is 0 Å². The van der Waals surface area contributed by atoms with Gasteiger partial charge in [-0.1, -0.05) is 0 Å². The zero-order valence-electron chi connectivity index (χ0n) is 7.39. The third kappa shape index (κ3) is 1.41. The first-order valence-corrected chi connectivity index (χ1v) is 4.04. The number of hydrogen-bond donors (Lipinski definition) is 3. The van der Waals surface area contributed by atoms with E-state index in [4.69, 9.17) is 10.2 Å². The van der Waals surface area contributed by atoms with E-state index in [0.717, 1.165) is 0 Å². The maximum atomic E-state index is 10.8. The lowest BCUT2D eigenvalue weighted by Crippen LogP contribution is -2.10. The van der Waals surface area contributed by atoms with E-state index in [1.54, 1.807) is 12.3 Å². The Morgan fingerprint density at radius 1 is 1.27 bits per heavy atom. The van der Waals surface area contributed by atoms with Crippen LogP contribution in [0, 0.1) is 0 Å². The maximum Gasteiger partial charge on any atom is 0.355 e. The zero-order chi connectivity index (χ0) is 11.0. The number of aromatic carboxylic acids is 2. The fraction of sp³-hybridized carbons (Fsp3) is 0. The number of rotatable bonds is 2. The van der Waals surface area contributed by atoms with Gasteiger partial charge in [0.25, 0.3) is 0 Å². The molecule has 6 heteroatoms. The molecule has 0 atom stereocenters. The highest BCUT2D eigenvalue weighted by molar-refractivity contribution is 6.03. The van der Waals surface area contributed by atoms with Gasteiger partial charge < -0.3 is 15.2 Å². The van der Waals surface area contributed by atoms with Crippen LogP contribution >= 0.6 is 0 Å². The number of pyridine rings is 1. The van der Waals surface area contributed by atoms with Gasteiger partial charge in [-0.3, -0.25) is 0 Å². The standard InChI is InChI=1S/C9H6N2O4/c12-8(13)5-3-4-1-2-10-7(4)11-6(5)9(14)15/h1-3H,(H,10,11)(H,12,13)(H,14,15). The Kier molecular flexibility index (Phi) is 1.89. The Hall–Kier alpha value is -2.37. The molecule has 3 N–H and O–H groups in total. The first kappa shape index (κ1) is 9.20. The van der Waals surface area contributed by atoms with Gasteiger partial charge in [0.15, 0.2) is 5.69 Å². The van der Waals surface area contributed by atoms with Crippen LogP contribution in [0.25, 0.3) is 11.0 Å². The highest BCUT2D eigenvalue weighted by Crippen LogP contribution is 2.15. The predicted octanol–water partition coefficient (Wildman–Crippen LogP) is 0.959. The Morgan fingerprint density at radius 3 is 2.60 bits per heavy atom. The molecule has 0 aromatic carbocycles. The van der Waals surface area contributed by atoms with E-state index < -0.39 is 17.6 Å². The second-order valence-corrected chi connectivity index (χ2v) is 2.91. The van der Waals surface area contributed by atoms with E-state index in [2.05, 4.69) is 9.97 Å². The van der Waals surface area contributed by atoms with Crippen LogP contribution in [-0.4, -0.2) is 32.1 Å². The fourth-order valence-corrected chi connectivity index (χ4v) is 1.31. The van der Waals surface area contributed by atoms with E-state index in [1.165, 1.54) is 6.07 Å². The van der Waals surface area contributed by atoms with Crippen molar-refractivity contribution in [3.8, 4) is 0 Å². The smallest absolute Gasteiger partial charge is 0.355 e. The van der Waals surface area contributed by atoms with Crippen LogP contribution in [0.2, 0.25) is 0 Å². The van der Waals surface area contributed by atoms with Gasteiger partial charge >= 0.3 is 11.9 Å². The minimum absolute atomic E-state index is 0.311. The van der Waals surface area contributed by atoms with E-state index in [-0.39, 0.29) is 5.56 Å². The summed E-state index contributed by atoms with van der Waals surface area (Å²) in [5.41, 5.74) is -0.413. The van der Waals surface area contributed by atoms with Crippen molar-refractivity contribution >= 4 is 23.0 Å². The van der Waals surface area contributed by atoms with Gasteiger partial charge in [0.05, 0.1) is 5.56 Å². The minimum atomic E-state index is -1.36. The number of carboxylic acids is 2. The molecule has 0 radical (unpaired) electrons. The lowest BCUT2D eigenvalue weighted by molar-refractivity contribution is 0.0647. The van der Waals surface area contributed by atoms with Gasteiger partial charge in [-0.2, -0.15) is 0 Å². The molecule has 0 amide bonds. The van der Waals surface area contributed by atoms with Crippen LogP contribution in [0.1, 0.15) is 20.8 Å². The summed E-state index contributed by atoms with van der Waals surface area (Å²) in [6, 6.07) is 2.91. The molecule has 2 aromatic heterocycles. The largest absolute Gasteiger partial charge is 0.478 e. The molecule has 2 heterocycles. The first-order valence-electron chi connectivity index (χ1n) is 4.04. The number of hydrogen-bond acceptors (Lipinski definition) is 3. The molecule has 0 aliphatic heterocycles. The van der Waals surface area contributed by atoms with Crippen molar-refractivity contribution in [1.82, 2.24) is 9.97 Å². The Bertz CT molecular complexity index is 510. The van der Waals surface area contributed by atoms with Crippen molar-refractivity contribution in [2.45, 2.75) is 0 Å². The Labute approximate surface area is 83.2 Å². The average molecular weight is 206 g/mol. The monoisotopic (exact) mass is 206 g/mol. The fourth-order valence-electron chi connectivity index (χ4n) is 1.31. The van der Waals surface area contributed by atoms with Gasteiger partial charge in [0, 0.05) is 11.6 Å². The van der Waals surface area contributed by atoms with Gasteiger partial charge in [0.2, 0.25) is 0 Å². The van der Waals surface area contributed by atoms with Gasteiger partial charge in [0.1, 0.15) is 5.65 Å². The highest BCUT2D eigenvalue weighted by atomic mass is 16.4. The molecule has 0 saturated heterocycles. The summed E-state index contributed by atoms with van der Waals surface area (Å²) >= 11 is 0. The van der Waals surface area contributed by atoms with Crippen LogP contribution in [-0.2, 0) is 0 Å². The molecular weight excluding hydrogens is 200 g/mol. The Morgan fingerprint density at radius 2 is 2.00 bits per heavy atom. The lowest BCUT2D eigenvalue weighted by atomic mass is 10.1. The number of carboxylic acid groups (broad SMARTS) is 2. The van der Waals surface area contributed by atoms with E-state index in [0.29, 0.717) is 11.0 Å². The zero-order valence-corrected chi connectivity index (χ0v) is 7.39. The number of carbonyl (C=O) groups is 2. The molecule has 2 rings (SSSR count). The van der Waals surface area contributed by atoms with Crippen LogP contribution < -0.4 is 0 Å². The molecule has 0 aliphatic rings. The predicted molar refractivity (Wildman–Crippen MR) is 50.0 cm³/mol. The first-order chi connectivity index (χ1) is 7.09. The Balaban J connectivity index is 2.79. The molecule has 6 nitrogen and oxygen atoms in total. The highest BCUT2D eigenvalue weighted by Gasteiger charge is 2.18. The molecule has 2 aromatic rings. The van der Waals surface area contributed by atoms with E-state index in [1.807, 2.05) is 0 Å². The molecule has 0 saturated carbocycles. The number of nitrogens with one attached hydrogen (secondary N) is 1.